The van der Waals surface area contributed by atoms with Crippen LogP contribution in [0.3, 0.4) is 0 Å². The van der Waals surface area contributed by atoms with Crippen LogP contribution in [0.2, 0.25) is 5.02 Å². The van der Waals surface area contributed by atoms with Crippen molar-refractivity contribution in [2.45, 2.75) is 0 Å². The van der Waals surface area contributed by atoms with Gasteiger partial charge in [-0.1, -0.05) is 35.7 Å². The molecule has 0 aliphatic carbocycles. The van der Waals surface area contributed by atoms with Crippen molar-refractivity contribution in [2.75, 3.05) is 0 Å². The maximum absolute atomic E-state index is 9.23. The highest BCUT2D eigenvalue weighted by Crippen LogP contribution is 2.20. The first kappa shape index (κ1) is 18.0. The van der Waals surface area contributed by atoms with Gasteiger partial charge in [0.1, 0.15) is 12.5 Å². The summed E-state index contributed by atoms with van der Waals surface area (Å²) in [6.45, 7) is 2.00. The van der Waals surface area contributed by atoms with Crippen molar-refractivity contribution in [3.63, 3.8) is 0 Å². The molecule has 0 heterocycles. The van der Waals surface area contributed by atoms with E-state index in [9.17, 15) is 5.11 Å². The van der Waals surface area contributed by atoms with E-state index in [1.54, 1.807) is 35.9 Å². The zero-order valence-electron chi connectivity index (χ0n) is 11.6. The predicted octanol–water partition coefficient (Wildman–Crippen LogP) is 3.89. The number of hydrogen-bond donors (Lipinski definition) is 2. The van der Waals surface area contributed by atoms with Crippen LogP contribution in [0.25, 0.3) is 5.70 Å². The van der Waals surface area contributed by atoms with Crippen LogP contribution >= 0.6 is 23.5 Å². The predicted molar refractivity (Wildman–Crippen MR) is 94.0 cm³/mol. The molecule has 0 aliphatic heterocycles. The van der Waals surface area contributed by atoms with Gasteiger partial charge in [-0.15, -0.1) is 0 Å². The Morgan fingerprint density at radius 3 is 2.27 bits per heavy atom. The summed E-state index contributed by atoms with van der Waals surface area (Å²) in [6, 6.07) is 14.2. The second kappa shape index (κ2) is 9.78. The van der Waals surface area contributed by atoms with Gasteiger partial charge in [-0.3, -0.25) is 10.1 Å². The number of carbonyl (C=O) groups is 1. The number of rotatable bonds is 4. The van der Waals surface area contributed by atoms with Gasteiger partial charge in [0, 0.05) is 22.2 Å². The Labute approximate surface area is 138 Å². The fourth-order valence-corrected chi connectivity index (χ4v) is 2.01. The Morgan fingerprint density at radius 2 is 1.73 bits per heavy atom. The lowest BCUT2D eigenvalue weighted by molar-refractivity contribution is -0.0979. The summed E-state index contributed by atoms with van der Waals surface area (Å²) in [5, 5.41) is 17.2. The van der Waals surface area contributed by atoms with Crippen molar-refractivity contribution in [3.05, 3.63) is 70.1 Å². The van der Waals surface area contributed by atoms with Crippen LogP contribution in [0.4, 0.5) is 0 Å². The molecule has 0 saturated carbocycles. The largest absolute Gasteiger partial charge is 0.508 e. The number of carbonyl (C=O) groups excluding carboxylic acids is 1. The number of aromatic hydroxyl groups is 1. The SMILES string of the molecule is C=O.NS/C=C(\N=Cc1ccc(O)cc1)c1ccc(Cl)cc1. The van der Waals surface area contributed by atoms with Gasteiger partial charge >= 0.3 is 0 Å². The van der Waals surface area contributed by atoms with E-state index < -0.39 is 0 Å². The summed E-state index contributed by atoms with van der Waals surface area (Å²) in [5.74, 6) is 0.230. The van der Waals surface area contributed by atoms with Gasteiger partial charge in [0.15, 0.2) is 0 Å². The molecule has 0 saturated heterocycles. The summed E-state index contributed by atoms with van der Waals surface area (Å²) >= 11 is 6.97. The topological polar surface area (TPSA) is 75.7 Å². The second-order valence-electron chi connectivity index (χ2n) is 4.00. The summed E-state index contributed by atoms with van der Waals surface area (Å²) in [5.41, 5.74) is 2.58. The summed E-state index contributed by atoms with van der Waals surface area (Å²) in [7, 11) is 0. The molecular weight excluding hydrogens is 320 g/mol. The second-order valence-corrected chi connectivity index (χ2v) is 4.94. The van der Waals surface area contributed by atoms with Crippen molar-refractivity contribution < 1.29 is 9.90 Å². The molecule has 0 fully saturated rings. The van der Waals surface area contributed by atoms with E-state index in [1.165, 1.54) is 0 Å². The third-order valence-electron chi connectivity index (χ3n) is 2.57. The van der Waals surface area contributed by atoms with Gasteiger partial charge in [-0.2, -0.15) is 0 Å². The number of benzene rings is 2. The van der Waals surface area contributed by atoms with E-state index >= 15 is 0 Å². The van der Waals surface area contributed by atoms with E-state index in [0.29, 0.717) is 5.02 Å². The van der Waals surface area contributed by atoms with E-state index in [2.05, 4.69) is 4.99 Å². The maximum Gasteiger partial charge on any atom is 0.115 e. The Balaban J connectivity index is 0.00000116. The lowest BCUT2D eigenvalue weighted by atomic mass is 10.2. The van der Waals surface area contributed by atoms with Gasteiger partial charge in [0.05, 0.1) is 5.70 Å². The first-order chi connectivity index (χ1) is 10.7. The van der Waals surface area contributed by atoms with Crippen LogP contribution < -0.4 is 5.14 Å². The molecule has 0 aliphatic rings. The van der Waals surface area contributed by atoms with Crippen LogP contribution in [-0.2, 0) is 4.79 Å². The zero-order valence-corrected chi connectivity index (χ0v) is 13.2. The first-order valence-electron chi connectivity index (χ1n) is 6.12. The molecule has 2 rings (SSSR count). The maximum atomic E-state index is 9.23. The van der Waals surface area contributed by atoms with Gasteiger partial charge in [0.2, 0.25) is 0 Å². The zero-order chi connectivity index (χ0) is 16.4. The van der Waals surface area contributed by atoms with Gasteiger partial charge in [-0.05, 0) is 42.0 Å². The van der Waals surface area contributed by atoms with E-state index in [0.717, 1.165) is 28.8 Å². The molecule has 4 nitrogen and oxygen atoms in total. The number of aliphatic imine (C=N–C) groups is 1. The number of halogens is 1. The van der Waals surface area contributed by atoms with E-state index in [-0.39, 0.29) is 5.75 Å². The minimum atomic E-state index is 0.230. The Kier molecular flexibility index (Phi) is 7.99. The van der Waals surface area contributed by atoms with Gasteiger partial charge in [0.25, 0.3) is 0 Å². The molecule has 0 spiro atoms. The third-order valence-corrected chi connectivity index (χ3v) is 3.18. The van der Waals surface area contributed by atoms with Gasteiger partial charge < -0.3 is 9.90 Å². The summed E-state index contributed by atoms with van der Waals surface area (Å²) in [6.07, 6.45) is 1.72. The molecule has 0 atom stereocenters. The molecule has 0 amide bonds. The Morgan fingerprint density at radius 1 is 1.14 bits per heavy atom. The molecule has 0 radical (unpaired) electrons. The van der Waals surface area contributed by atoms with Crippen molar-refractivity contribution in [3.8, 4) is 5.75 Å². The Hall–Kier alpha value is -2.08. The van der Waals surface area contributed by atoms with Crippen LogP contribution in [0.5, 0.6) is 5.75 Å². The first-order valence-corrected chi connectivity index (χ1v) is 7.45. The monoisotopic (exact) mass is 334 g/mol. The third kappa shape index (κ3) is 5.73. The fourth-order valence-electron chi connectivity index (χ4n) is 1.56. The molecule has 2 aromatic rings. The van der Waals surface area contributed by atoms with E-state index in [1.807, 2.05) is 31.1 Å². The average molecular weight is 335 g/mol. The fraction of sp³-hybridized carbons (Fsp3) is 0. The molecule has 2 aromatic carbocycles. The molecule has 3 N–H and O–H groups in total. The summed E-state index contributed by atoms with van der Waals surface area (Å²) in [4.78, 5) is 12.4. The minimum Gasteiger partial charge on any atom is -0.508 e. The minimum absolute atomic E-state index is 0.230. The van der Waals surface area contributed by atoms with Crippen molar-refractivity contribution >= 4 is 42.2 Å². The normalized spacial score (nSPS) is 11.1. The number of phenols is 1. The molecule has 0 aromatic heterocycles. The highest BCUT2D eigenvalue weighted by Gasteiger charge is 1.99. The lowest BCUT2D eigenvalue weighted by Crippen LogP contribution is -1.85. The van der Waals surface area contributed by atoms with Crippen LogP contribution in [0.1, 0.15) is 11.1 Å². The number of nitrogens with zero attached hydrogens (tertiary/aromatic N) is 1. The number of hydrogen-bond acceptors (Lipinski definition) is 5. The van der Waals surface area contributed by atoms with Crippen LogP contribution in [0.15, 0.2) is 58.9 Å². The highest BCUT2D eigenvalue weighted by molar-refractivity contribution is 8.00. The molecule has 6 heteroatoms. The average Bonchev–Trinajstić information content (AvgIpc) is 2.56. The molecular formula is C16H15ClN2O2S. The Bertz CT molecular complexity index is 640. The smallest absolute Gasteiger partial charge is 0.115 e. The molecule has 114 valence electrons. The van der Waals surface area contributed by atoms with Crippen molar-refractivity contribution in [1.29, 1.82) is 0 Å². The van der Waals surface area contributed by atoms with Gasteiger partial charge in [-0.25, -0.2) is 0 Å². The van der Waals surface area contributed by atoms with Crippen LogP contribution in [0, 0.1) is 0 Å². The number of phenolic OH excluding ortho intramolecular Hbond substituents is 1. The number of nitrogens with two attached hydrogens (primary N) is 1. The van der Waals surface area contributed by atoms with E-state index in [4.69, 9.17) is 21.5 Å². The molecule has 0 bridgehead atoms. The van der Waals surface area contributed by atoms with Crippen LogP contribution in [-0.4, -0.2) is 18.1 Å². The van der Waals surface area contributed by atoms with Crippen molar-refractivity contribution in [1.82, 2.24) is 0 Å². The molecule has 22 heavy (non-hydrogen) atoms. The lowest BCUT2D eigenvalue weighted by Gasteiger charge is -2.02. The standard InChI is InChI=1S/C15H13ClN2OS.CH2O/c16-13-5-3-12(4-6-13)15(10-20-17)18-9-11-1-7-14(19)8-2-11;1-2/h1-10,19H,17H2;1H2/b15-10-,18-9?;. The molecule has 0 unspecified atom stereocenters. The van der Waals surface area contributed by atoms with Crippen molar-refractivity contribution in [2.24, 2.45) is 10.1 Å². The quantitative estimate of drug-likeness (QED) is 0.657. The summed E-state index contributed by atoms with van der Waals surface area (Å²) < 4.78 is 0. The highest BCUT2D eigenvalue weighted by atomic mass is 35.5.